The number of amides is 1. The summed E-state index contributed by atoms with van der Waals surface area (Å²) in [5, 5.41) is 0. The quantitative estimate of drug-likeness (QED) is 0.546. The first-order chi connectivity index (χ1) is 13.4. The van der Waals surface area contributed by atoms with Gasteiger partial charge in [0.05, 0.1) is 18.8 Å². The lowest BCUT2D eigenvalue weighted by Crippen LogP contribution is -2.30. The zero-order chi connectivity index (χ0) is 20.3. The topological polar surface area (TPSA) is 76.2 Å². The molecule has 0 N–H and O–H groups in total. The monoisotopic (exact) mass is 394 g/mol. The second kappa shape index (κ2) is 8.37. The van der Waals surface area contributed by atoms with Crippen molar-refractivity contribution < 1.29 is 32.6 Å². The number of allylic oxidation sites excluding steroid dienone is 1. The lowest BCUT2D eigenvalue weighted by molar-refractivity contribution is -0.151. The Balaban J connectivity index is 1.75. The van der Waals surface area contributed by atoms with E-state index in [0.717, 1.165) is 23.5 Å². The minimum Gasteiger partial charge on any atom is -0.463 e. The van der Waals surface area contributed by atoms with Crippen molar-refractivity contribution in [2.24, 2.45) is 0 Å². The maximum atomic E-state index is 14.6. The molecule has 2 heterocycles. The number of benzene rings is 1. The molecule has 2 aliphatic rings. The molecule has 2 aliphatic heterocycles. The number of cyclic esters (lactones) is 1. The smallest absolute Gasteiger partial charge is 0.415 e. The van der Waals surface area contributed by atoms with Crippen molar-refractivity contribution in [3.05, 3.63) is 36.0 Å². The molecule has 1 unspecified atom stereocenters. The molecule has 0 radical (unpaired) electrons. The van der Waals surface area contributed by atoms with Crippen LogP contribution in [0.4, 0.5) is 25.0 Å². The molecular formula is C19H20F2N2O5. The number of carbonyl (C=O) groups excluding carboxylic acids is 3. The van der Waals surface area contributed by atoms with Gasteiger partial charge in [0.25, 0.3) is 0 Å². The summed E-state index contributed by atoms with van der Waals surface area (Å²) in [5.41, 5.74) is -0.375. The van der Waals surface area contributed by atoms with Crippen LogP contribution in [-0.4, -0.2) is 43.6 Å². The number of anilines is 2. The van der Waals surface area contributed by atoms with Crippen LogP contribution in [0.25, 0.3) is 0 Å². The van der Waals surface area contributed by atoms with Gasteiger partial charge < -0.3 is 14.4 Å². The predicted molar refractivity (Wildman–Crippen MR) is 96.0 cm³/mol. The van der Waals surface area contributed by atoms with Gasteiger partial charge in [-0.05, 0) is 12.5 Å². The first kappa shape index (κ1) is 19.8. The Kier molecular flexibility index (Phi) is 5.91. The van der Waals surface area contributed by atoms with Gasteiger partial charge in [0.2, 0.25) is 6.10 Å². The molecule has 0 saturated carbocycles. The number of halogens is 2. The number of hydrogen-bond acceptors (Lipinski definition) is 6. The average molecular weight is 394 g/mol. The van der Waals surface area contributed by atoms with E-state index in [1.807, 2.05) is 6.92 Å². The van der Waals surface area contributed by atoms with Gasteiger partial charge in [-0.2, -0.15) is 0 Å². The Hall–Kier alpha value is -2.97. The van der Waals surface area contributed by atoms with E-state index >= 15 is 0 Å². The van der Waals surface area contributed by atoms with Crippen molar-refractivity contribution in [2.75, 3.05) is 29.5 Å². The second-order valence-corrected chi connectivity index (χ2v) is 6.49. The maximum absolute atomic E-state index is 14.6. The third-order valence-electron chi connectivity index (χ3n) is 4.46. The van der Waals surface area contributed by atoms with Crippen LogP contribution in [0.1, 0.15) is 26.2 Å². The van der Waals surface area contributed by atoms with Crippen molar-refractivity contribution in [3.63, 3.8) is 0 Å². The van der Waals surface area contributed by atoms with E-state index in [9.17, 15) is 23.2 Å². The van der Waals surface area contributed by atoms with E-state index in [1.165, 1.54) is 17.2 Å². The number of nitrogens with zero attached hydrogens (tertiary/aromatic N) is 2. The molecule has 0 aromatic heterocycles. The molecule has 1 fully saturated rings. The van der Waals surface area contributed by atoms with Crippen LogP contribution in [-0.2, 0) is 19.1 Å². The van der Waals surface area contributed by atoms with Crippen molar-refractivity contribution >= 4 is 29.2 Å². The summed E-state index contributed by atoms with van der Waals surface area (Å²) in [6.45, 7) is 2.11. The molecule has 1 aromatic carbocycles. The first-order valence-electron chi connectivity index (χ1n) is 9.02. The Morgan fingerprint density at radius 2 is 2.00 bits per heavy atom. The number of ketones is 1. The van der Waals surface area contributed by atoms with Gasteiger partial charge >= 0.3 is 12.1 Å². The predicted octanol–water partition coefficient (Wildman–Crippen LogP) is 2.93. The Morgan fingerprint density at radius 1 is 1.29 bits per heavy atom. The van der Waals surface area contributed by atoms with Crippen LogP contribution in [0.15, 0.2) is 24.4 Å². The van der Waals surface area contributed by atoms with E-state index in [-0.39, 0.29) is 43.3 Å². The van der Waals surface area contributed by atoms with Crippen LogP contribution in [0.5, 0.6) is 0 Å². The van der Waals surface area contributed by atoms with E-state index in [1.54, 1.807) is 0 Å². The third kappa shape index (κ3) is 4.13. The van der Waals surface area contributed by atoms with Gasteiger partial charge in [0.15, 0.2) is 17.4 Å². The van der Waals surface area contributed by atoms with Crippen LogP contribution in [0.2, 0.25) is 0 Å². The van der Waals surface area contributed by atoms with Gasteiger partial charge in [-0.1, -0.05) is 13.3 Å². The van der Waals surface area contributed by atoms with Crippen molar-refractivity contribution in [1.29, 1.82) is 0 Å². The first-order valence-corrected chi connectivity index (χ1v) is 9.02. The summed E-state index contributed by atoms with van der Waals surface area (Å²) in [7, 11) is 0. The summed E-state index contributed by atoms with van der Waals surface area (Å²) in [6.07, 6.45) is 2.22. The molecule has 3 rings (SSSR count). The lowest BCUT2D eigenvalue weighted by Gasteiger charge is -2.25. The lowest BCUT2D eigenvalue weighted by atomic mass is 10.1. The maximum Gasteiger partial charge on any atom is 0.415 e. The number of carbonyl (C=O) groups is 3. The van der Waals surface area contributed by atoms with E-state index in [4.69, 9.17) is 9.47 Å². The zero-order valence-corrected chi connectivity index (χ0v) is 15.3. The fourth-order valence-electron chi connectivity index (χ4n) is 2.94. The Morgan fingerprint density at radius 3 is 2.61 bits per heavy atom. The van der Waals surface area contributed by atoms with Crippen LogP contribution >= 0.6 is 0 Å². The summed E-state index contributed by atoms with van der Waals surface area (Å²) < 4.78 is 39.1. The summed E-state index contributed by atoms with van der Waals surface area (Å²) in [6, 6.07) is 1.99. The Labute approximate surface area is 160 Å². The number of esters is 1. The standard InChI is InChI=1S/C19H20F2N2O5/c1-2-3-8-27-18(25)16-11-23(19(26)28-16)12-9-14(20)17(15(21)10-12)22-6-4-13(24)5-7-22/h4,6,9-10,16H,2-3,5,7-8,11H2,1H3. The normalized spacial score (nSPS) is 19.2. The average Bonchev–Trinajstić information content (AvgIpc) is 3.04. The number of hydrogen-bond donors (Lipinski definition) is 0. The highest BCUT2D eigenvalue weighted by Crippen LogP contribution is 2.32. The summed E-state index contributed by atoms with van der Waals surface area (Å²) in [4.78, 5) is 37.5. The van der Waals surface area contributed by atoms with E-state index < -0.39 is 29.8 Å². The van der Waals surface area contributed by atoms with Gasteiger partial charge in [-0.25, -0.2) is 18.4 Å². The highest BCUT2D eigenvalue weighted by molar-refractivity contribution is 5.95. The highest BCUT2D eigenvalue weighted by atomic mass is 19.1. The minimum atomic E-state index is -1.15. The highest BCUT2D eigenvalue weighted by Gasteiger charge is 2.38. The van der Waals surface area contributed by atoms with Crippen molar-refractivity contribution in [1.82, 2.24) is 0 Å². The fraction of sp³-hybridized carbons (Fsp3) is 0.421. The zero-order valence-electron chi connectivity index (χ0n) is 15.3. The van der Waals surface area contributed by atoms with Gasteiger partial charge in [-0.15, -0.1) is 0 Å². The van der Waals surface area contributed by atoms with Crippen LogP contribution in [0, 0.1) is 11.6 Å². The molecule has 1 saturated heterocycles. The van der Waals surface area contributed by atoms with Crippen molar-refractivity contribution in [2.45, 2.75) is 32.3 Å². The summed E-state index contributed by atoms with van der Waals surface area (Å²) >= 11 is 0. The molecule has 1 atom stereocenters. The van der Waals surface area contributed by atoms with Crippen molar-refractivity contribution in [3.8, 4) is 0 Å². The molecule has 1 amide bonds. The molecule has 150 valence electrons. The molecule has 28 heavy (non-hydrogen) atoms. The molecule has 0 aliphatic carbocycles. The van der Waals surface area contributed by atoms with Crippen LogP contribution in [0.3, 0.4) is 0 Å². The van der Waals surface area contributed by atoms with E-state index in [0.29, 0.717) is 6.42 Å². The summed E-state index contributed by atoms with van der Waals surface area (Å²) in [5.74, 6) is -2.60. The van der Waals surface area contributed by atoms with Crippen LogP contribution < -0.4 is 9.80 Å². The second-order valence-electron chi connectivity index (χ2n) is 6.49. The molecule has 0 bridgehead atoms. The molecule has 7 nitrogen and oxygen atoms in total. The van der Waals surface area contributed by atoms with E-state index in [2.05, 4.69) is 0 Å². The molecule has 0 spiro atoms. The third-order valence-corrected chi connectivity index (χ3v) is 4.46. The Bertz CT molecular complexity index is 804. The molecule has 1 aromatic rings. The number of ether oxygens (including phenoxy) is 2. The van der Waals surface area contributed by atoms with Gasteiger partial charge in [0, 0.05) is 31.3 Å². The van der Waals surface area contributed by atoms with Gasteiger partial charge in [-0.3, -0.25) is 9.69 Å². The van der Waals surface area contributed by atoms with Gasteiger partial charge in [0.1, 0.15) is 5.69 Å². The SMILES string of the molecule is CCCCOC(=O)C1CN(c2cc(F)c(N3C=CC(=O)CC3)c(F)c2)C(=O)O1. The fourth-order valence-corrected chi connectivity index (χ4v) is 2.94. The number of unbranched alkanes of at least 4 members (excludes halogenated alkanes) is 1. The largest absolute Gasteiger partial charge is 0.463 e. The molecular weight excluding hydrogens is 374 g/mol. The molecule has 9 heteroatoms. The minimum absolute atomic E-state index is 0.0651. The number of rotatable bonds is 6.